The Hall–Kier alpha value is -1.49. The number of anilines is 1. The lowest BCUT2D eigenvalue weighted by Gasteiger charge is -2.29. The summed E-state index contributed by atoms with van der Waals surface area (Å²) in [6.07, 6.45) is 0.948. The van der Waals surface area contributed by atoms with Crippen molar-refractivity contribution in [3.63, 3.8) is 0 Å². The van der Waals surface area contributed by atoms with E-state index in [-0.39, 0.29) is 5.92 Å². The van der Waals surface area contributed by atoms with Crippen LogP contribution < -0.4 is 4.90 Å². The average Bonchev–Trinajstić information content (AvgIpc) is 2.19. The summed E-state index contributed by atoms with van der Waals surface area (Å²) >= 11 is 0. The van der Waals surface area contributed by atoms with E-state index in [1.54, 1.807) is 0 Å². The van der Waals surface area contributed by atoms with Crippen LogP contribution in [0.15, 0.2) is 24.3 Å². The number of hydrogen-bond donors (Lipinski definition) is 0. The zero-order valence-electron chi connectivity index (χ0n) is 7.70. The maximum absolute atomic E-state index is 8.96. The number of benzene rings is 1. The van der Waals surface area contributed by atoms with Crippen LogP contribution in [-0.2, 0) is 0 Å². The summed E-state index contributed by atoms with van der Waals surface area (Å²) in [6, 6.07) is 10.5. The molecule has 0 amide bonds. The number of rotatable bonds is 0. The zero-order valence-corrected chi connectivity index (χ0v) is 7.70. The van der Waals surface area contributed by atoms with Crippen LogP contribution >= 0.6 is 0 Å². The lowest BCUT2D eigenvalue weighted by molar-refractivity contribution is 0.690. The van der Waals surface area contributed by atoms with Gasteiger partial charge in [0.25, 0.3) is 0 Å². The highest BCUT2D eigenvalue weighted by Crippen LogP contribution is 2.33. The lowest BCUT2D eigenvalue weighted by Crippen LogP contribution is -2.26. The first kappa shape index (κ1) is 8.12. The maximum atomic E-state index is 8.96. The van der Waals surface area contributed by atoms with E-state index in [0.29, 0.717) is 0 Å². The van der Waals surface area contributed by atoms with E-state index in [0.717, 1.165) is 13.0 Å². The molecule has 0 bridgehead atoms. The predicted octanol–water partition coefficient (Wildman–Crippen LogP) is 2.13. The smallest absolute Gasteiger partial charge is 0.0749 e. The Bertz CT molecular complexity index is 351. The van der Waals surface area contributed by atoms with Crippen LogP contribution in [0, 0.1) is 11.3 Å². The summed E-state index contributed by atoms with van der Waals surface area (Å²) < 4.78 is 0. The van der Waals surface area contributed by atoms with Crippen molar-refractivity contribution >= 4 is 5.69 Å². The van der Waals surface area contributed by atoms with Gasteiger partial charge in [0.2, 0.25) is 0 Å². The Morgan fingerprint density at radius 2 is 2.23 bits per heavy atom. The van der Waals surface area contributed by atoms with Gasteiger partial charge in [-0.3, -0.25) is 0 Å². The highest BCUT2D eigenvalue weighted by molar-refractivity contribution is 5.57. The van der Waals surface area contributed by atoms with E-state index in [1.807, 2.05) is 12.1 Å². The number of nitriles is 1. The molecule has 0 spiro atoms. The average molecular weight is 172 g/mol. The zero-order chi connectivity index (χ0) is 9.26. The van der Waals surface area contributed by atoms with Gasteiger partial charge >= 0.3 is 0 Å². The molecule has 0 fully saturated rings. The molecule has 1 aromatic rings. The van der Waals surface area contributed by atoms with Crippen LogP contribution in [0.4, 0.5) is 5.69 Å². The second kappa shape index (κ2) is 3.10. The molecule has 2 nitrogen and oxygen atoms in total. The summed E-state index contributed by atoms with van der Waals surface area (Å²) in [4.78, 5) is 2.21. The monoisotopic (exact) mass is 172 g/mol. The van der Waals surface area contributed by atoms with E-state index in [1.165, 1.54) is 11.3 Å². The molecule has 1 atom stereocenters. The van der Waals surface area contributed by atoms with Gasteiger partial charge < -0.3 is 4.90 Å². The highest BCUT2D eigenvalue weighted by atomic mass is 15.1. The van der Waals surface area contributed by atoms with E-state index < -0.39 is 0 Å². The Morgan fingerprint density at radius 3 is 3.00 bits per heavy atom. The molecule has 0 N–H and O–H groups in total. The SMILES string of the molecule is CN1CCC(C#N)c2ccccc21. The molecule has 13 heavy (non-hydrogen) atoms. The van der Waals surface area contributed by atoms with Gasteiger partial charge in [-0.2, -0.15) is 5.26 Å². The van der Waals surface area contributed by atoms with Crippen molar-refractivity contribution < 1.29 is 0 Å². The molecule has 0 aromatic heterocycles. The lowest BCUT2D eigenvalue weighted by atomic mass is 9.91. The van der Waals surface area contributed by atoms with Crippen molar-refractivity contribution in [2.45, 2.75) is 12.3 Å². The molecule has 0 aliphatic carbocycles. The van der Waals surface area contributed by atoms with Crippen molar-refractivity contribution in [3.8, 4) is 6.07 Å². The fourth-order valence-electron chi connectivity index (χ4n) is 1.86. The van der Waals surface area contributed by atoms with Crippen molar-refractivity contribution in [1.29, 1.82) is 5.26 Å². The molecule has 66 valence electrons. The number of fused-ring (bicyclic) bond motifs is 1. The summed E-state index contributed by atoms with van der Waals surface area (Å²) in [5, 5.41) is 8.96. The molecule has 1 unspecified atom stereocenters. The summed E-state index contributed by atoms with van der Waals surface area (Å²) in [5.41, 5.74) is 2.39. The fraction of sp³-hybridized carbons (Fsp3) is 0.364. The fourth-order valence-corrected chi connectivity index (χ4v) is 1.86. The van der Waals surface area contributed by atoms with Gasteiger partial charge in [-0.05, 0) is 18.1 Å². The van der Waals surface area contributed by atoms with E-state index in [4.69, 9.17) is 5.26 Å². The molecule has 0 radical (unpaired) electrons. The maximum Gasteiger partial charge on any atom is 0.0749 e. The van der Waals surface area contributed by atoms with Gasteiger partial charge in [-0.15, -0.1) is 0 Å². The summed E-state index contributed by atoms with van der Waals surface area (Å²) in [6.45, 7) is 0.981. The normalized spacial score (nSPS) is 20.6. The minimum Gasteiger partial charge on any atom is -0.374 e. The van der Waals surface area contributed by atoms with Crippen molar-refractivity contribution in [3.05, 3.63) is 29.8 Å². The van der Waals surface area contributed by atoms with Crippen molar-refractivity contribution in [1.82, 2.24) is 0 Å². The molecular weight excluding hydrogens is 160 g/mol. The predicted molar refractivity (Wildman–Crippen MR) is 52.7 cm³/mol. The summed E-state index contributed by atoms with van der Waals surface area (Å²) in [7, 11) is 2.08. The van der Waals surface area contributed by atoms with Crippen LogP contribution in [0.1, 0.15) is 17.9 Å². The van der Waals surface area contributed by atoms with Gasteiger partial charge in [-0.25, -0.2) is 0 Å². The molecule has 1 heterocycles. The number of hydrogen-bond acceptors (Lipinski definition) is 2. The first-order valence-electron chi connectivity index (χ1n) is 4.52. The van der Waals surface area contributed by atoms with Crippen molar-refractivity contribution in [2.24, 2.45) is 0 Å². The van der Waals surface area contributed by atoms with E-state index >= 15 is 0 Å². The molecular formula is C11H12N2. The minimum atomic E-state index is 0.0902. The molecule has 1 aliphatic heterocycles. The first-order chi connectivity index (χ1) is 6.33. The van der Waals surface area contributed by atoms with Crippen molar-refractivity contribution in [2.75, 3.05) is 18.5 Å². The van der Waals surface area contributed by atoms with Gasteiger partial charge in [0.05, 0.1) is 12.0 Å². The van der Waals surface area contributed by atoms with E-state index in [9.17, 15) is 0 Å². The Morgan fingerprint density at radius 1 is 1.46 bits per heavy atom. The third-order valence-electron chi connectivity index (χ3n) is 2.63. The van der Waals surface area contributed by atoms with Crippen LogP contribution in [0.5, 0.6) is 0 Å². The largest absolute Gasteiger partial charge is 0.374 e. The first-order valence-corrected chi connectivity index (χ1v) is 4.52. The second-order valence-electron chi connectivity index (χ2n) is 3.45. The highest BCUT2D eigenvalue weighted by Gasteiger charge is 2.21. The minimum absolute atomic E-state index is 0.0902. The summed E-state index contributed by atoms with van der Waals surface area (Å²) in [5.74, 6) is 0.0902. The van der Waals surface area contributed by atoms with Gasteiger partial charge in [0.15, 0.2) is 0 Å². The Balaban J connectivity index is 2.49. The van der Waals surface area contributed by atoms with Crippen LogP contribution in [0.25, 0.3) is 0 Å². The standard InChI is InChI=1S/C11H12N2/c1-13-7-6-9(8-12)10-4-2-3-5-11(10)13/h2-5,9H,6-7H2,1H3. The van der Waals surface area contributed by atoms with Gasteiger partial charge in [0.1, 0.15) is 0 Å². The molecule has 2 heteroatoms. The third-order valence-corrected chi connectivity index (χ3v) is 2.63. The molecule has 0 saturated carbocycles. The third kappa shape index (κ3) is 1.27. The molecule has 1 aromatic carbocycles. The molecule has 2 rings (SSSR count). The van der Waals surface area contributed by atoms with Gasteiger partial charge in [0, 0.05) is 19.3 Å². The van der Waals surface area contributed by atoms with Crippen LogP contribution in [-0.4, -0.2) is 13.6 Å². The van der Waals surface area contributed by atoms with Gasteiger partial charge in [-0.1, -0.05) is 18.2 Å². The second-order valence-corrected chi connectivity index (χ2v) is 3.45. The molecule has 1 aliphatic rings. The molecule has 0 saturated heterocycles. The quantitative estimate of drug-likeness (QED) is 0.599. The van der Waals surface area contributed by atoms with Crippen LogP contribution in [0.3, 0.4) is 0 Å². The topological polar surface area (TPSA) is 27.0 Å². The van der Waals surface area contributed by atoms with E-state index in [2.05, 4.69) is 30.1 Å². The Kier molecular flexibility index (Phi) is 1.94. The Labute approximate surface area is 78.4 Å². The number of nitrogens with zero attached hydrogens (tertiary/aromatic N) is 2. The number of para-hydroxylation sites is 1. The van der Waals surface area contributed by atoms with Crippen LogP contribution in [0.2, 0.25) is 0 Å².